The van der Waals surface area contributed by atoms with Crippen molar-refractivity contribution < 1.29 is 29.9 Å². The third-order valence-electron chi connectivity index (χ3n) is 5.80. The molecule has 0 radical (unpaired) electrons. The molecule has 2 aliphatic rings. The van der Waals surface area contributed by atoms with E-state index >= 15 is 0 Å². The zero-order valence-corrected chi connectivity index (χ0v) is 18.5. The van der Waals surface area contributed by atoms with Gasteiger partial charge in [0.05, 0.1) is 6.61 Å². The molecule has 0 spiro atoms. The average Bonchev–Trinajstić information content (AvgIpc) is 3.28. The monoisotopic (exact) mass is 466 g/mol. The highest BCUT2D eigenvalue weighted by Gasteiger charge is 2.44. The molecule has 168 valence electrons. The van der Waals surface area contributed by atoms with E-state index in [9.17, 15) is 20.4 Å². The maximum atomic E-state index is 10.4. The van der Waals surface area contributed by atoms with Gasteiger partial charge < -0.3 is 29.9 Å². The Bertz CT molecular complexity index is 871. The number of hydrogen-bond donors (Lipinski definition) is 4. The highest BCUT2D eigenvalue weighted by molar-refractivity contribution is 7.99. The maximum Gasteiger partial charge on any atom is 0.119 e. The minimum Gasteiger partial charge on any atom is -0.490 e. The molecule has 0 bridgehead atoms. The van der Waals surface area contributed by atoms with Gasteiger partial charge in [0.2, 0.25) is 0 Å². The number of thioether (sulfide) groups is 1. The number of hydrogen-bond acceptors (Lipinski definition) is 7. The minimum atomic E-state index is -1.42. The molecular weight excluding hydrogens is 440 g/mol. The summed E-state index contributed by atoms with van der Waals surface area (Å²) in [6, 6.07) is 13.2. The molecule has 0 saturated carbocycles. The zero-order valence-electron chi connectivity index (χ0n) is 16.9. The van der Waals surface area contributed by atoms with Crippen molar-refractivity contribution in [3.63, 3.8) is 0 Å². The summed E-state index contributed by atoms with van der Waals surface area (Å²) in [5.41, 5.74) is 2.52. The molecule has 4 N–H and O–H groups in total. The first-order valence-electron chi connectivity index (χ1n) is 10.4. The summed E-state index contributed by atoms with van der Waals surface area (Å²) >= 11 is 8.33. The van der Waals surface area contributed by atoms with Crippen LogP contribution in [0.3, 0.4) is 0 Å². The second-order valence-electron chi connectivity index (χ2n) is 8.02. The van der Waals surface area contributed by atoms with Gasteiger partial charge in [0.1, 0.15) is 42.4 Å². The van der Waals surface area contributed by atoms with Gasteiger partial charge in [-0.3, -0.25) is 0 Å². The van der Waals surface area contributed by atoms with Crippen molar-refractivity contribution in [1.82, 2.24) is 0 Å². The van der Waals surface area contributed by atoms with E-state index in [4.69, 9.17) is 21.1 Å². The molecule has 2 aromatic carbocycles. The highest BCUT2D eigenvalue weighted by atomic mass is 35.5. The van der Waals surface area contributed by atoms with E-state index < -0.39 is 37.1 Å². The third kappa shape index (κ3) is 5.20. The first-order valence-corrected chi connectivity index (χ1v) is 11.9. The van der Waals surface area contributed by atoms with Crippen LogP contribution in [-0.4, -0.2) is 69.1 Å². The Labute approximate surface area is 190 Å². The minimum absolute atomic E-state index is 0.278. The van der Waals surface area contributed by atoms with E-state index in [2.05, 4.69) is 0 Å². The average molecular weight is 467 g/mol. The molecule has 2 saturated heterocycles. The van der Waals surface area contributed by atoms with E-state index in [1.165, 1.54) is 0 Å². The van der Waals surface area contributed by atoms with Crippen molar-refractivity contribution in [3.8, 4) is 5.75 Å². The van der Waals surface area contributed by atoms with Gasteiger partial charge in [0.25, 0.3) is 0 Å². The lowest BCUT2D eigenvalue weighted by Crippen LogP contribution is -2.55. The molecule has 0 amide bonds. The molecule has 2 fully saturated rings. The van der Waals surface area contributed by atoms with Crippen LogP contribution in [0.4, 0.5) is 0 Å². The number of rotatable bonds is 6. The molecule has 0 aliphatic carbocycles. The maximum absolute atomic E-state index is 10.4. The van der Waals surface area contributed by atoms with Gasteiger partial charge in [-0.2, -0.15) is 11.8 Å². The molecule has 2 heterocycles. The van der Waals surface area contributed by atoms with E-state index in [1.807, 2.05) is 42.1 Å². The van der Waals surface area contributed by atoms with Crippen LogP contribution in [0.15, 0.2) is 42.5 Å². The van der Waals surface area contributed by atoms with Gasteiger partial charge in [-0.15, -0.1) is 0 Å². The smallest absolute Gasteiger partial charge is 0.119 e. The Balaban J connectivity index is 1.49. The number of aliphatic hydroxyl groups excluding tert-OH is 4. The molecular formula is C23H27ClO6S. The van der Waals surface area contributed by atoms with E-state index in [1.54, 1.807) is 12.1 Å². The van der Waals surface area contributed by atoms with Crippen LogP contribution in [-0.2, 0) is 11.2 Å². The molecule has 2 unspecified atom stereocenters. The van der Waals surface area contributed by atoms with Gasteiger partial charge in [-0.1, -0.05) is 35.9 Å². The lowest BCUT2D eigenvalue weighted by molar-refractivity contribution is -0.231. The largest absolute Gasteiger partial charge is 0.490 e. The fourth-order valence-corrected chi connectivity index (χ4v) is 5.27. The normalized spacial score (nSPS) is 31.0. The number of halogens is 1. The van der Waals surface area contributed by atoms with Crippen molar-refractivity contribution in [2.24, 2.45) is 0 Å². The first-order chi connectivity index (χ1) is 15.0. The molecule has 8 heteroatoms. The van der Waals surface area contributed by atoms with Gasteiger partial charge in [-0.05, 0) is 53.5 Å². The third-order valence-corrected chi connectivity index (χ3v) is 7.30. The zero-order chi connectivity index (χ0) is 22.0. The summed E-state index contributed by atoms with van der Waals surface area (Å²) in [6.45, 7) is -0.462. The van der Waals surface area contributed by atoms with Gasteiger partial charge in [0, 0.05) is 10.8 Å². The van der Waals surface area contributed by atoms with Crippen molar-refractivity contribution in [1.29, 1.82) is 0 Å². The lowest BCUT2D eigenvalue weighted by atomic mass is 9.90. The molecule has 6 atom stereocenters. The number of ether oxygens (including phenoxy) is 2. The Morgan fingerprint density at radius 3 is 2.48 bits per heavy atom. The quantitative estimate of drug-likeness (QED) is 0.518. The SMILES string of the molecule is OCC1O[C@@H](c2ccc(Cl)c(Cc3ccc(OC4CCSC4)cc3)c2)[C@H](O)[C@@H](O)[C@@H]1O. The molecule has 6 nitrogen and oxygen atoms in total. The number of benzene rings is 2. The van der Waals surface area contributed by atoms with Crippen LogP contribution in [0.25, 0.3) is 0 Å². The van der Waals surface area contributed by atoms with Crippen LogP contribution in [0.5, 0.6) is 5.75 Å². The van der Waals surface area contributed by atoms with Crippen molar-refractivity contribution in [2.75, 3.05) is 18.1 Å². The van der Waals surface area contributed by atoms with Crippen LogP contribution < -0.4 is 4.74 Å². The van der Waals surface area contributed by atoms with E-state index in [0.29, 0.717) is 17.0 Å². The van der Waals surface area contributed by atoms with Gasteiger partial charge >= 0.3 is 0 Å². The van der Waals surface area contributed by atoms with Gasteiger partial charge in [0.15, 0.2) is 0 Å². The Kier molecular flexibility index (Phi) is 7.44. The topological polar surface area (TPSA) is 99.4 Å². The lowest BCUT2D eigenvalue weighted by Gasteiger charge is -2.40. The summed E-state index contributed by atoms with van der Waals surface area (Å²) in [7, 11) is 0. The molecule has 2 aromatic rings. The van der Waals surface area contributed by atoms with Crippen LogP contribution in [0, 0.1) is 0 Å². The first kappa shape index (κ1) is 22.9. The van der Waals surface area contributed by atoms with Crippen molar-refractivity contribution in [3.05, 3.63) is 64.2 Å². The Morgan fingerprint density at radius 1 is 1.03 bits per heavy atom. The second-order valence-corrected chi connectivity index (χ2v) is 9.58. The van der Waals surface area contributed by atoms with E-state index in [-0.39, 0.29) is 6.10 Å². The van der Waals surface area contributed by atoms with E-state index in [0.717, 1.165) is 34.8 Å². The van der Waals surface area contributed by atoms with Crippen LogP contribution in [0.1, 0.15) is 29.2 Å². The molecule has 4 rings (SSSR count). The fourth-order valence-electron chi connectivity index (χ4n) is 3.99. The summed E-state index contributed by atoms with van der Waals surface area (Å²) < 4.78 is 11.7. The highest BCUT2D eigenvalue weighted by Crippen LogP contribution is 2.34. The second kappa shape index (κ2) is 10.1. The Hall–Kier alpha value is -1.32. The molecule has 31 heavy (non-hydrogen) atoms. The predicted molar refractivity (Wildman–Crippen MR) is 120 cm³/mol. The summed E-state index contributed by atoms with van der Waals surface area (Å²) in [4.78, 5) is 0. The summed E-state index contributed by atoms with van der Waals surface area (Å²) in [5.74, 6) is 3.03. The fraction of sp³-hybridized carbons (Fsp3) is 0.478. The standard InChI is InChI=1S/C23H27ClO6S/c24-18-6-3-14(23-22(28)21(27)20(26)19(11-25)30-23)10-15(18)9-13-1-4-16(5-2-13)29-17-7-8-31-12-17/h1-6,10,17,19-23,25-28H,7-9,11-12H2/t17?,19?,20-,21+,22-,23+/m1/s1. The van der Waals surface area contributed by atoms with Crippen molar-refractivity contribution >= 4 is 23.4 Å². The van der Waals surface area contributed by atoms with Crippen LogP contribution in [0.2, 0.25) is 5.02 Å². The Morgan fingerprint density at radius 2 is 1.81 bits per heavy atom. The summed E-state index contributed by atoms with van der Waals surface area (Å²) in [6.07, 6.45) is -4.03. The van der Waals surface area contributed by atoms with Crippen LogP contribution >= 0.6 is 23.4 Å². The van der Waals surface area contributed by atoms with Crippen molar-refractivity contribution in [2.45, 2.75) is 49.5 Å². The van der Waals surface area contributed by atoms with Gasteiger partial charge in [-0.25, -0.2) is 0 Å². The number of aliphatic hydroxyl groups is 4. The predicted octanol–water partition coefficient (Wildman–Crippen LogP) is 2.33. The molecule has 2 aliphatic heterocycles. The molecule has 0 aromatic heterocycles. The summed E-state index contributed by atoms with van der Waals surface area (Å²) in [5, 5.41) is 40.5.